The SMILES string of the molecule is COc1ccccc1[C@@]1(O)CCCN(C[C@@H](O)c2ccc3c(c2)CCCN3C(C)=O)C1. The van der Waals surface area contributed by atoms with Gasteiger partial charge in [-0.2, -0.15) is 0 Å². The van der Waals surface area contributed by atoms with Gasteiger partial charge in [0.1, 0.15) is 11.4 Å². The standard InChI is InChI=1S/C25H32N2O4/c1-18(28)27-14-5-7-19-15-20(10-11-22(19)27)23(29)16-26-13-6-12-25(30,17-26)21-8-3-4-9-24(21)31-2/h3-4,8-11,15,23,29-30H,5-7,12-14,16-17H2,1-2H3/t23-,25-/m1/s1. The number of aliphatic hydroxyl groups is 2. The fraction of sp³-hybridized carbons (Fsp3) is 0.480. The van der Waals surface area contributed by atoms with Crippen molar-refractivity contribution < 1.29 is 19.7 Å². The molecule has 6 nitrogen and oxygen atoms in total. The largest absolute Gasteiger partial charge is 0.496 e. The Labute approximate surface area is 184 Å². The Morgan fingerprint density at radius 1 is 1.19 bits per heavy atom. The van der Waals surface area contributed by atoms with E-state index in [2.05, 4.69) is 4.90 Å². The Hall–Kier alpha value is -2.41. The molecule has 2 N–H and O–H groups in total. The maximum Gasteiger partial charge on any atom is 0.223 e. The van der Waals surface area contributed by atoms with Crippen molar-refractivity contribution in [2.24, 2.45) is 0 Å². The molecule has 2 aromatic rings. The Balaban J connectivity index is 1.49. The zero-order chi connectivity index (χ0) is 22.0. The summed E-state index contributed by atoms with van der Waals surface area (Å²) in [6, 6.07) is 13.5. The molecule has 0 saturated carbocycles. The summed E-state index contributed by atoms with van der Waals surface area (Å²) in [7, 11) is 1.62. The lowest BCUT2D eigenvalue weighted by Gasteiger charge is -2.40. The average molecular weight is 425 g/mol. The Bertz CT molecular complexity index is 947. The van der Waals surface area contributed by atoms with Gasteiger partial charge >= 0.3 is 0 Å². The van der Waals surface area contributed by atoms with Gasteiger partial charge in [0.2, 0.25) is 5.91 Å². The van der Waals surface area contributed by atoms with Crippen LogP contribution in [0.1, 0.15) is 49.0 Å². The Morgan fingerprint density at radius 3 is 2.77 bits per heavy atom. The van der Waals surface area contributed by atoms with Gasteiger partial charge in [-0.05, 0) is 55.5 Å². The van der Waals surface area contributed by atoms with E-state index in [0.29, 0.717) is 25.3 Å². The third kappa shape index (κ3) is 4.47. The molecule has 2 heterocycles. The van der Waals surface area contributed by atoms with Crippen LogP contribution in [0.3, 0.4) is 0 Å². The number of anilines is 1. The molecule has 4 rings (SSSR count). The van der Waals surface area contributed by atoms with Gasteiger partial charge in [-0.3, -0.25) is 9.69 Å². The van der Waals surface area contributed by atoms with E-state index in [-0.39, 0.29) is 5.91 Å². The minimum absolute atomic E-state index is 0.0539. The van der Waals surface area contributed by atoms with Gasteiger partial charge in [-0.15, -0.1) is 0 Å². The van der Waals surface area contributed by atoms with Crippen LogP contribution < -0.4 is 9.64 Å². The predicted molar refractivity (Wildman–Crippen MR) is 120 cm³/mol. The zero-order valence-corrected chi connectivity index (χ0v) is 18.4. The predicted octanol–water partition coefficient (Wildman–Crippen LogP) is 3.01. The maximum absolute atomic E-state index is 11.9. The number of piperidine rings is 1. The second-order valence-corrected chi connectivity index (χ2v) is 8.75. The van der Waals surface area contributed by atoms with Crippen LogP contribution in [0, 0.1) is 0 Å². The number of methoxy groups -OCH3 is 1. The van der Waals surface area contributed by atoms with Crippen LogP contribution >= 0.6 is 0 Å². The van der Waals surface area contributed by atoms with Gasteiger partial charge in [0.05, 0.1) is 13.2 Å². The summed E-state index contributed by atoms with van der Waals surface area (Å²) in [6.45, 7) is 4.08. The van der Waals surface area contributed by atoms with Crippen LogP contribution in [0.25, 0.3) is 0 Å². The number of carbonyl (C=O) groups is 1. The van der Waals surface area contributed by atoms with E-state index in [1.165, 1.54) is 0 Å². The molecule has 0 unspecified atom stereocenters. The van der Waals surface area contributed by atoms with E-state index in [4.69, 9.17) is 4.74 Å². The van der Waals surface area contributed by atoms with E-state index >= 15 is 0 Å². The summed E-state index contributed by atoms with van der Waals surface area (Å²) in [4.78, 5) is 15.8. The molecular weight excluding hydrogens is 392 g/mol. The number of fused-ring (bicyclic) bond motifs is 1. The number of rotatable bonds is 5. The van der Waals surface area contributed by atoms with Gasteiger partial charge in [-0.25, -0.2) is 0 Å². The number of likely N-dealkylation sites (tertiary alicyclic amines) is 1. The van der Waals surface area contributed by atoms with E-state index < -0.39 is 11.7 Å². The second-order valence-electron chi connectivity index (χ2n) is 8.75. The van der Waals surface area contributed by atoms with Crippen LogP contribution in [0.15, 0.2) is 42.5 Å². The van der Waals surface area contributed by atoms with Crippen LogP contribution in [-0.4, -0.2) is 54.3 Å². The highest BCUT2D eigenvalue weighted by molar-refractivity contribution is 5.92. The van der Waals surface area contributed by atoms with Crippen LogP contribution in [0.2, 0.25) is 0 Å². The molecule has 31 heavy (non-hydrogen) atoms. The van der Waals surface area contributed by atoms with E-state index in [9.17, 15) is 15.0 Å². The second kappa shape index (κ2) is 8.99. The number of aryl methyl sites for hydroxylation is 1. The summed E-state index contributed by atoms with van der Waals surface area (Å²) in [6.07, 6.45) is 2.71. The summed E-state index contributed by atoms with van der Waals surface area (Å²) in [5, 5.41) is 22.4. The van der Waals surface area contributed by atoms with Crippen molar-refractivity contribution in [3.05, 3.63) is 59.2 Å². The van der Waals surface area contributed by atoms with Crippen LogP contribution in [0.4, 0.5) is 5.69 Å². The molecule has 0 aliphatic carbocycles. The fourth-order valence-electron chi connectivity index (χ4n) is 5.03. The highest BCUT2D eigenvalue weighted by Gasteiger charge is 2.37. The van der Waals surface area contributed by atoms with Crippen molar-refractivity contribution in [2.75, 3.05) is 38.2 Å². The number of benzene rings is 2. The summed E-state index contributed by atoms with van der Waals surface area (Å²) in [5.41, 5.74) is 2.73. The van der Waals surface area contributed by atoms with E-state index in [1.54, 1.807) is 14.0 Å². The Kier molecular flexibility index (Phi) is 6.32. The normalized spacial score (nSPS) is 22.6. The zero-order valence-electron chi connectivity index (χ0n) is 18.4. The lowest BCUT2D eigenvalue weighted by Crippen LogP contribution is -2.47. The molecule has 0 radical (unpaired) electrons. The minimum atomic E-state index is -0.998. The number of aliphatic hydroxyl groups excluding tert-OH is 1. The van der Waals surface area contributed by atoms with Crippen molar-refractivity contribution in [3.63, 3.8) is 0 Å². The number of amides is 1. The quantitative estimate of drug-likeness (QED) is 0.772. The molecule has 0 bridgehead atoms. The van der Waals surface area contributed by atoms with Crippen molar-refractivity contribution in [3.8, 4) is 5.75 Å². The average Bonchev–Trinajstić information content (AvgIpc) is 2.78. The number of nitrogens with zero attached hydrogens (tertiary/aromatic N) is 2. The molecule has 1 saturated heterocycles. The maximum atomic E-state index is 11.9. The van der Waals surface area contributed by atoms with Crippen molar-refractivity contribution >= 4 is 11.6 Å². The molecular formula is C25H32N2O4. The molecule has 0 aromatic heterocycles. The van der Waals surface area contributed by atoms with Gasteiger partial charge in [0.25, 0.3) is 0 Å². The van der Waals surface area contributed by atoms with Crippen molar-refractivity contribution in [1.82, 2.24) is 4.90 Å². The molecule has 166 valence electrons. The molecule has 2 aliphatic heterocycles. The highest BCUT2D eigenvalue weighted by Crippen LogP contribution is 2.37. The monoisotopic (exact) mass is 424 g/mol. The molecule has 1 amide bonds. The van der Waals surface area contributed by atoms with E-state index in [0.717, 1.165) is 54.7 Å². The first-order chi connectivity index (χ1) is 14.9. The van der Waals surface area contributed by atoms with Gasteiger partial charge in [0.15, 0.2) is 0 Å². The van der Waals surface area contributed by atoms with E-state index in [1.807, 2.05) is 47.4 Å². The van der Waals surface area contributed by atoms with Crippen molar-refractivity contribution in [1.29, 1.82) is 0 Å². The summed E-state index contributed by atoms with van der Waals surface area (Å²) >= 11 is 0. The minimum Gasteiger partial charge on any atom is -0.496 e. The number of para-hydroxylation sites is 1. The highest BCUT2D eigenvalue weighted by atomic mass is 16.5. The topological polar surface area (TPSA) is 73.2 Å². The first-order valence-corrected chi connectivity index (χ1v) is 11.1. The molecule has 0 spiro atoms. The van der Waals surface area contributed by atoms with Gasteiger partial charge in [0, 0.05) is 37.8 Å². The number of ether oxygens (including phenoxy) is 1. The fourth-order valence-corrected chi connectivity index (χ4v) is 5.03. The molecule has 2 aromatic carbocycles. The number of hydrogen-bond acceptors (Lipinski definition) is 5. The summed E-state index contributed by atoms with van der Waals surface area (Å²) < 4.78 is 5.47. The molecule has 2 atom stereocenters. The van der Waals surface area contributed by atoms with Gasteiger partial charge < -0.3 is 19.8 Å². The number of hydrogen-bond donors (Lipinski definition) is 2. The lowest BCUT2D eigenvalue weighted by molar-refractivity contribution is -0.116. The third-order valence-corrected chi connectivity index (χ3v) is 6.58. The third-order valence-electron chi connectivity index (χ3n) is 6.58. The van der Waals surface area contributed by atoms with Crippen molar-refractivity contribution in [2.45, 2.75) is 44.3 Å². The van der Waals surface area contributed by atoms with Crippen LogP contribution in [0.5, 0.6) is 5.75 Å². The number of carbonyl (C=O) groups excluding carboxylic acids is 1. The molecule has 2 aliphatic rings. The molecule has 1 fully saturated rings. The summed E-state index contributed by atoms with van der Waals surface area (Å²) in [5.74, 6) is 0.746. The lowest BCUT2D eigenvalue weighted by atomic mass is 9.85. The smallest absolute Gasteiger partial charge is 0.223 e. The number of β-amino-alcohol motifs (C(OH)–C–C–N with tert-alkyl or cyclic N) is 2. The molecule has 6 heteroatoms. The van der Waals surface area contributed by atoms with Gasteiger partial charge in [-0.1, -0.05) is 30.3 Å². The van der Waals surface area contributed by atoms with Crippen LogP contribution in [-0.2, 0) is 16.8 Å². The first kappa shape index (κ1) is 21.8. The first-order valence-electron chi connectivity index (χ1n) is 11.1. The Morgan fingerprint density at radius 2 is 2.00 bits per heavy atom.